The number of halogens is 1. The van der Waals surface area contributed by atoms with E-state index >= 15 is 0 Å². The van der Waals surface area contributed by atoms with Crippen LogP contribution in [0.15, 0.2) is 0 Å². The van der Waals surface area contributed by atoms with E-state index in [0.717, 1.165) is 19.3 Å². The molecule has 8 nitrogen and oxygen atoms in total. The zero-order valence-corrected chi connectivity index (χ0v) is 26.5. The molecule has 0 aromatic carbocycles. The monoisotopic (exact) mass is 590 g/mol. The van der Waals surface area contributed by atoms with Crippen LogP contribution in [-0.2, 0) is 36.8 Å². The highest BCUT2D eigenvalue weighted by Gasteiger charge is 2.68. The molecule has 37 heavy (non-hydrogen) atoms. The molecule has 0 N–H and O–H groups in total. The number of carbonyl (C=O) groups is 1. The zero-order chi connectivity index (χ0) is 28.0. The van der Waals surface area contributed by atoms with Crippen LogP contribution in [0.3, 0.4) is 0 Å². The Morgan fingerprint density at radius 2 is 1.00 bits per heavy atom. The lowest BCUT2D eigenvalue weighted by Gasteiger charge is -2.41. The lowest BCUT2D eigenvalue weighted by molar-refractivity contribution is -0.150. The summed E-state index contributed by atoms with van der Waals surface area (Å²) in [4.78, 5) is 13.1. The summed E-state index contributed by atoms with van der Waals surface area (Å²) in [6.07, 6.45) is 12.8. The molecular weight excluding hydrogens is 538 g/mol. The van der Waals surface area contributed by atoms with Gasteiger partial charge in [-0.25, -0.2) is 0 Å². The Morgan fingerprint density at radius 1 is 0.622 bits per heavy atom. The van der Waals surface area contributed by atoms with Gasteiger partial charge in [0.15, 0.2) is 0 Å². The molecule has 11 heteroatoms. The van der Waals surface area contributed by atoms with Crippen LogP contribution in [0, 0.1) is 0 Å². The zero-order valence-electron chi connectivity index (χ0n) is 24.0. The van der Waals surface area contributed by atoms with Crippen molar-refractivity contribution in [1.29, 1.82) is 0 Å². The van der Waals surface area contributed by atoms with Gasteiger partial charge in [-0.05, 0) is 40.5 Å². The van der Waals surface area contributed by atoms with Gasteiger partial charge in [0, 0.05) is 18.7 Å². The highest BCUT2D eigenvalue weighted by molar-refractivity contribution is 7.74. The van der Waals surface area contributed by atoms with E-state index < -0.39 is 26.2 Å². The average molecular weight is 591 g/mol. The summed E-state index contributed by atoms with van der Waals surface area (Å²) in [6, 6.07) is 0. The Kier molecular flexibility index (Phi) is 21.9. The van der Waals surface area contributed by atoms with E-state index in [2.05, 4.69) is 6.92 Å². The van der Waals surface area contributed by atoms with Crippen molar-refractivity contribution in [3.63, 3.8) is 0 Å². The van der Waals surface area contributed by atoms with Crippen LogP contribution in [0.5, 0.6) is 0 Å². The van der Waals surface area contributed by atoms with Crippen LogP contribution in [0.2, 0.25) is 0 Å². The number of hydrogen-bond donors (Lipinski definition) is 0. The third kappa shape index (κ3) is 12.8. The molecule has 0 aliphatic carbocycles. The molecule has 0 atom stereocenters. The van der Waals surface area contributed by atoms with Crippen LogP contribution in [-0.4, -0.2) is 43.4 Å². The maximum atomic E-state index is 14.1. The molecule has 0 fully saturated rings. The molecule has 0 bridgehead atoms. The Balaban J connectivity index is 5.42. The molecule has 0 heterocycles. The van der Waals surface area contributed by atoms with E-state index in [9.17, 15) is 13.9 Å². The summed E-state index contributed by atoms with van der Waals surface area (Å²) in [5, 5.41) is -2.23. The number of hydrogen-bond acceptors (Lipinski definition) is 8. The third-order valence-electron chi connectivity index (χ3n) is 5.95. The first-order valence-corrected chi connectivity index (χ1v) is 17.9. The minimum atomic E-state index is -4.31. The molecular formula is C26H53ClO8P2. The van der Waals surface area contributed by atoms with Crippen LogP contribution < -0.4 is 0 Å². The first-order valence-electron chi connectivity index (χ1n) is 14.3. The fourth-order valence-corrected chi connectivity index (χ4v) is 9.84. The number of rotatable bonds is 26. The Hall–Kier alpha value is 0.0600. The minimum absolute atomic E-state index is 0.00565. The maximum Gasteiger partial charge on any atom is 0.386 e. The molecule has 0 amide bonds. The lowest BCUT2D eigenvalue weighted by atomic mass is 10.1. The van der Waals surface area contributed by atoms with Gasteiger partial charge in [-0.2, -0.15) is 0 Å². The molecule has 0 spiro atoms. The fraction of sp³-hybridized carbons (Fsp3) is 0.962. The normalized spacial score (nSPS) is 12.7. The summed E-state index contributed by atoms with van der Waals surface area (Å²) >= 11 is 5.96. The summed E-state index contributed by atoms with van der Waals surface area (Å²) < 4.78 is 56.4. The molecule has 0 aliphatic heterocycles. The fourth-order valence-electron chi connectivity index (χ4n) is 4.21. The lowest BCUT2D eigenvalue weighted by Crippen LogP contribution is -2.38. The largest absolute Gasteiger partial charge is 0.433 e. The predicted molar refractivity (Wildman–Crippen MR) is 152 cm³/mol. The molecule has 0 saturated carbocycles. The van der Waals surface area contributed by atoms with E-state index in [-0.39, 0.29) is 51.6 Å². The quantitative estimate of drug-likeness (QED) is 0.0425. The number of carbonyl (C=O) groups excluding carboxylic acids is 1. The van der Waals surface area contributed by atoms with E-state index in [1.807, 2.05) is 0 Å². The van der Waals surface area contributed by atoms with Crippen molar-refractivity contribution in [3.05, 3.63) is 0 Å². The number of alkyl halides is 1. The molecule has 0 aromatic heterocycles. The smallest absolute Gasteiger partial charge is 0.386 e. The Labute approximate surface area is 231 Å². The van der Waals surface area contributed by atoms with Crippen molar-refractivity contribution in [2.75, 3.05) is 32.3 Å². The minimum Gasteiger partial charge on any atom is -0.433 e. The van der Waals surface area contributed by atoms with E-state index in [4.69, 9.17) is 34.4 Å². The number of esters is 1. The van der Waals surface area contributed by atoms with Crippen molar-refractivity contribution in [3.8, 4) is 0 Å². The second-order valence-electron chi connectivity index (χ2n) is 8.96. The highest BCUT2D eigenvalue weighted by atomic mass is 35.5. The van der Waals surface area contributed by atoms with Gasteiger partial charge in [-0.3, -0.25) is 13.9 Å². The van der Waals surface area contributed by atoms with Gasteiger partial charge in [0.1, 0.15) is 0 Å². The van der Waals surface area contributed by atoms with Crippen molar-refractivity contribution < 1.29 is 36.8 Å². The third-order valence-corrected chi connectivity index (χ3v) is 12.4. The second kappa shape index (κ2) is 21.8. The molecule has 0 rings (SSSR count). The number of ether oxygens (including phenoxy) is 1. The molecule has 0 radical (unpaired) electrons. The summed E-state index contributed by atoms with van der Waals surface area (Å²) in [7, 11) is -8.62. The SMILES string of the molecule is CCCCCCCCCCCCCC(=O)OC(CCCCl)(P(=O)(OCC)OCC)P(=O)(OCC)OCC. The maximum absolute atomic E-state index is 14.1. The standard InChI is InChI=1S/C26H53ClO8P2/c1-6-11-12-13-14-15-16-17-18-19-20-22-25(28)35-26(23-21-24-27,36(29,31-7-2)32-8-3)37(30,33-9-4)34-10-5/h6-24H2,1-5H3. The van der Waals surface area contributed by atoms with E-state index in [0.29, 0.717) is 6.42 Å². The first kappa shape index (κ1) is 37.1. The Morgan fingerprint density at radius 3 is 1.35 bits per heavy atom. The van der Waals surface area contributed by atoms with Crippen molar-refractivity contribution in [1.82, 2.24) is 0 Å². The van der Waals surface area contributed by atoms with Crippen LogP contribution >= 0.6 is 26.8 Å². The molecule has 0 unspecified atom stereocenters. The number of unbranched alkanes of at least 4 members (excludes halogenated alkanes) is 10. The molecule has 0 saturated heterocycles. The van der Waals surface area contributed by atoms with Crippen LogP contribution in [0.1, 0.15) is 125 Å². The molecule has 0 aliphatic rings. The predicted octanol–water partition coefficient (Wildman–Crippen LogP) is 9.44. The van der Waals surface area contributed by atoms with Crippen LogP contribution in [0.4, 0.5) is 0 Å². The Bertz CT molecular complexity index is 627. The van der Waals surface area contributed by atoms with Gasteiger partial charge >= 0.3 is 26.2 Å². The average Bonchev–Trinajstić information content (AvgIpc) is 2.85. The molecule has 222 valence electrons. The topological polar surface area (TPSA) is 97.4 Å². The van der Waals surface area contributed by atoms with Gasteiger partial charge in [-0.1, -0.05) is 71.1 Å². The summed E-state index contributed by atoms with van der Waals surface area (Å²) in [5.41, 5.74) is 0. The summed E-state index contributed by atoms with van der Waals surface area (Å²) in [6.45, 7) is 8.75. The van der Waals surface area contributed by atoms with Crippen molar-refractivity contribution >= 4 is 32.8 Å². The van der Waals surface area contributed by atoms with Crippen LogP contribution in [0.25, 0.3) is 0 Å². The molecule has 0 aromatic rings. The van der Waals surface area contributed by atoms with Gasteiger partial charge in [0.25, 0.3) is 0 Å². The van der Waals surface area contributed by atoms with Crippen molar-refractivity contribution in [2.24, 2.45) is 0 Å². The second-order valence-corrected chi connectivity index (χ2v) is 14.2. The van der Waals surface area contributed by atoms with Crippen molar-refractivity contribution in [2.45, 2.75) is 130 Å². The van der Waals surface area contributed by atoms with Gasteiger partial charge < -0.3 is 22.8 Å². The van der Waals surface area contributed by atoms with Gasteiger partial charge in [0.05, 0.1) is 26.4 Å². The van der Waals surface area contributed by atoms with Gasteiger partial charge in [-0.15, -0.1) is 11.6 Å². The highest BCUT2D eigenvalue weighted by Crippen LogP contribution is 2.79. The first-order chi connectivity index (χ1) is 17.8. The summed E-state index contributed by atoms with van der Waals surface area (Å²) in [5.74, 6) is -0.473. The van der Waals surface area contributed by atoms with Gasteiger partial charge in [0.2, 0.25) is 0 Å². The van der Waals surface area contributed by atoms with E-state index in [1.165, 1.54) is 44.9 Å². The van der Waals surface area contributed by atoms with E-state index in [1.54, 1.807) is 27.7 Å².